The maximum absolute atomic E-state index is 13.2. The van der Waals surface area contributed by atoms with Crippen molar-refractivity contribution in [3.05, 3.63) is 70.1 Å². The topological polar surface area (TPSA) is 90.9 Å². The van der Waals surface area contributed by atoms with E-state index in [1.54, 1.807) is 33.8 Å². The average Bonchev–Trinajstić information content (AvgIpc) is 2.91. The first-order valence-corrected chi connectivity index (χ1v) is 10.3. The van der Waals surface area contributed by atoms with Gasteiger partial charge < -0.3 is 19.5 Å². The number of fused-ring (bicyclic) bond motifs is 1. The van der Waals surface area contributed by atoms with E-state index < -0.39 is 23.8 Å². The molecule has 1 heterocycles. The number of methoxy groups -OCH3 is 2. The van der Waals surface area contributed by atoms with Crippen molar-refractivity contribution in [2.24, 2.45) is 0 Å². The summed E-state index contributed by atoms with van der Waals surface area (Å²) in [6.45, 7) is 7.02. The van der Waals surface area contributed by atoms with Crippen LogP contribution in [0.25, 0.3) is 11.1 Å². The van der Waals surface area contributed by atoms with E-state index >= 15 is 0 Å². The summed E-state index contributed by atoms with van der Waals surface area (Å²) in [4.78, 5) is 38.6. The number of ether oxygens (including phenoxy) is 3. The van der Waals surface area contributed by atoms with E-state index in [4.69, 9.17) is 14.2 Å². The van der Waals surface area contributed by atoms with Gasteiger partial charge in [-0.2, -0.15) is 0 Å². The molecule has 0 amide bonds. The minimum atomic E-state index is -0.793. The quantitative estimate of drug-likeness (QED) is 0.560. The molecule has 1 unspecified atom stereocenters. The van der Waals surface area contributed by atoms with Crippen LogP contribution in [0.2, 0.25) is 0 Å². The molecule has 0 saturated carbocycles. The Bertz CT molecular complexity index is 1110. The number of dihydropyridines is 1. The van der Waals surface area contributed by atoms with Crippen LogP contribution >= 0.6 is 0 Å². The Balaban J connectivity index is 2.34. The maximum atomic E-state index is 13.2. The number of nitrogens with one attached hydrogen (secondary N) is 1. The summed E-state index contributed by atoms with van der Waals surface area (Å²) in [6, 6.07) is 10.8. The first-order valence-electron chi connectivity index (χ1n) is 10.3. The van der Waals surface area contributed by atoms with Gasteiger partial charge in [0, 0.05) is 11.4 Å². The number of hydrogen-bond acceptors (Lipinski definition) is 7. The third-order valence-corrected chi connectivity index (χ3v) is 5.38. The van der Waals surface area contributed by atoms with Gasteiger partial charge in [0.2, 0.25) is 0 Å². The first kappa shape index (κ1) is 23.1. The maximum Gasteiger partial charge on any atom is 0.338 e. The Morgan fingerprint density at radius 3 is 1.97 bits per heavy atom. The molecule has 1 atom stereocenters. The van der Waals surface area contributed by atoms with Gasteiger partial charge in [0.05, 0.1) is 43.0 Å². The zero-order chi connectivity index (χ0) is 23.6. The highest BCUT2D eigenvalue weighted by Crippen LogP contribution is 2.46. The van der Waals surface area contributed by atoms with E-state index in [1.165, 1.54) is 14.2 Å². The second kappa shape index (κ2) is 9.26. The summed E-state index contributed by atoms with van der Waals surface area (Å²) in [6.07, 6.45) is -0.350. The molecule has 0 aromatic carbocycles. The van der Waals surface area contributed by atoms with Crippen molar-refractivity contribution >= 4 is 17.9 Å². The fourth-order valence-electron chi connectivity index (χ4n) is 4.10. The smallest absolute Gasteiger partial charge is 0.338 e. The molecule has 1 N–H and O–H groups in total. The van der Waals surface area contributed by atoms with Gasteiger partial charge in [-0.15, -0.1) is 0 Å². The van der Waals surface area contributed by atoms with Gasteiger partial charge in [0.1, 0.15) is 0 Å². The molecule has 0 saturated heterocycles. The van der Waals surface area contributed by atoms with Crippen molar-refractivity contribution in [2.45, 2.75) is 39.7 Å². The molecule has 2 aliphatic carbocycles. The molecule has 1 aliphatic heterocycles. The monoisotopic (exact) mass is 437 g/mol. The lowest BCUT2D eigenvalue weighted by Crippen LogP contribution is -2.33. The zero-order valence-electron chi connectivity index (χ0n) is 19.1. The van der Waals surface area contributed by atoms with Gasteiger partial charge in [-0.25, -0.2) is 14.4 Å². The van der Waals surface area contributed by atoms with Crippen LogP contribution in [0.3, 0.4) is 0 Å². The van der Waals surface area contributed by atoms with Crippen LogP contribution in [0, 0.1) is 0 Å². The van der Waals surface area contributed by atoms with Crippen molar-refractivity contribution < 1.29 is 28.6 Å². The molecule has 3 rings (SSSR count). The standard InChI is InChI=1S/C25H27NO6/c1-13(2)32-25(29)21-15(4)26-14(3)20(24(28)31-6)22(21)18-12-19(23(27)30-5)17-11-9-7-8-10-16(17)18/h7-13,22,26H,1-6H3. The fourth-order valence-corrected chi connectivity index (χ4v) is 4.10. The Kier molecular flexibility index (Phi) is 6.67. The number of esters is 3. The molecule has 7 heteroatoms. The second-order valence-corrected chi connectivity index (χ2v) is 7.82. The molecular formula is C25H27NO6. The summed E-state index contributed by atoms with van der Waals surface area (Å²) in [5, 5.41) is 3.11. The average molecular weight is 437 g/mol. The van der Waals surface area contributed by atoms with Gasteiger partial charge in [-0.05, 0) is 50.5 Å². The summed E-state index contributed by atoms with van der Waals surface area (Å²) in [5.74, 6) is -2.42. The molecule has 0 bridgehead atoms. The third kappa shape index (κ3) is 4.10. The number of allylic oxidation sites excluding steroid dienone is 2. The highest BCUT2D eigenvalue weighted by Gasteiger charge is 2.40. The lowest BCUT2D eigenvalue weighted by atomic mass is 9.79. The number of carbonyl (C=O) groups is 3. The van der Waals surface area contributed by atoms with Crippen LogP contribution in [0.1, 0.15) is 49.5 Å². The minimum absolute atomic E-state index is 0.281. The molecule has 168 valence electrons. The molecule has 7 nitrogen and oxygen atoms in total. The largest absolute Gasteiger partial charge is 0.466 e. The van der Waals surface area contributed by atoms with Gasteiger partial charge >= 0.3 is 17.9 Å². The van der Waals surface area contributed by atoms with E-state index in [1.807, 2.05) is 30.3 Å². The Morgan fingerprint density at radius 1 is 0.844 bits per heavy atom. The van der Waals surface area contributed by atoms with Gasteiger partial charge in [0.15, 0.2) is 0 Å². The van der Waals surface area contributed by atoms with Crippen molar-refractivity contribution in [1.82, 2.24) is 5.32 Å². The fraction of sp³-hybridized carbons (Fsp3) is 0.320. The van der Waals surface area contributed by atoms with E-state index in [0.29, 0.717) is 33.7 Å². The Labute approximate surface area is 187 Å². The van der Waals surface area contributed by atoms with Crippen LogP contribution in [0.4, 0.5) is 0 Å². The highest BCUT2D eigenvalue weighted by atomic mass is 16.5. The highest BCUT2D eigenvalue weighted by molar-refractivity contribution is 6.04. The van der Waals surface area contributed by atoms with Crippen molar-refractivity contribution in [3.8, 4) is 11.1 Å². The van der Waals surface area contributed by atoms with Crippen LogP contribution in [-0.2, 0) is 23.8 Å². The van der Waals surface area contributed by atoms with E-state index in [2.05, 4.69) is 5.32 Å². The summed E-state index contributed by atoms with van der Waals surface area (Å²) in [5.41, 5.74) is 4.06. The predicted molar refractivity (Wildman–Crippen MR) is 119 cm³/mol. The second-order valence-electron chi connectivity index (χ2n) is 7.82. The summed E-state index contributed by atoms with van der Waals surface area (Å²) < 4.78 is 15.6. The van der Waals surface area contributed by atoms with E-state index in [9.17, 15) is 14.4 Å². The third-order valence-electron chi connectivity index (χ3n) is 5.38. The lowest BCUT2D eigenvalue weighted by molar-refractivity contribution is -0.143. The van der Waals surface area contributed by atoms with Gasteiger partial charge in [-0.1, -0.05) is 30.3 Å². The van der Waals surface area contributed by atoms with Crippen molar-refractivity contribution in [1.29, 1.82) is 0 Å². The summed E-state index contributed by atoms with van der Waals surface area (Å²) in [7, 11) is 2.60. The Hall–Kier alpha value is -3.61. The molecule has 0 spiro atoms. The molecule has 0 fully saturated rings. The number of carbonyl (C=O) groups excluding carboxylic acids is 3. The number of hydrogen-bond donors (Lipinski definition) is 1. The molecule has 3 aliphatic rings. The molecule has 0 radical (unpaired) electrons. The van der Waals surface area contributed by atoms with Crippen LogP contribution in [0.5, 0.6) is 0 Å². The van der Waals surface area contributed by atoms with E-state index in [-0.39, 0.29) is 11.7 Å². The van der Waals surface area contributed by atoms with Crippen LogP contribution in [0.15, 0.2) is 58.9 Å². The van der Waals surface area contributed by atoms with Gasteiger partial charge in [0.25, 0.3) is 0 Å². The zero-order valence-corrected chi connectivity index (χ0v) is 19.1. The lowest BCUT2D eigenvalue weighted by Gasteiger charge is -2.30. The molecular weight excluding hydrogens is 410 g/mol. The summed E-state index contributed by atoms with van der Waals surface area (Å²) >= 11 is 0. The van der Waals surface area contributed by atoms with Crippen molar-refractivity contribution in [3.63, 3.8) is 0 Å². The predicted octanol–water partition coefficient (Wildman–Crippen LogP) is 3.94. The molecule has 0 aromatic heterocycles. The minimum Gasteiger partial charge on any atom is -0.466 e. The first-order chi connectivity index (χ1) is 15.2. The van der Waals surface area contributed by atoms with Crippen LogP contribution in [-0.4, -0.2) is 38.2 Å². The molecule has 32 heavy (non-hydrogen) atoms. The SMILES string of the molecule is COC(=O)C1=C(C)NC(C)=C(C(=O)OC(C)C)C1c1cc(C(=O)OC)c2cccccc1-2. The van der Waals surface area contributed by atoms with Crippen LogP contribution < -0.4 is 5.32 Å². The van der Waals surface area contributed by atoms with Crippen molar-refractivity contribution in [2.75, 3.05) is 14.2 Å². The Morgan fingerprint density at radius 2 is 1.41 bits per heavy atom. The normalized spacial score (nSPS) is 16.2. The number of rotatable bonds is 5. The van der Waals surface area contributed by atoms with E-state index in [0.717, 1.165) is 5.56 Å². The van der Waals surface area contributed by atoms with Gasteiger partial charge in [-0.3, -0.25) is 0 Å². The molecule has 0 aromatic rings.